The summed E-state index contributed by atoms with van der Waals surface area (Å²) in [6, 6.07) is 3.31. The van der Waals surface area contributed by atoms with Gasteiger partial charge in [-0.25, -0.2) is 0 Å². The standard InChI is InChI=1S/C24H25Cl2NO5/c1-2-9-32-24-14(10-13(25)11-15(24)26)21-22-16(5-3-7-18(22)28)27(12-20(30)31)17-6-4-8-19(29)23(17)21/h10-11,21H,2-9,12H2,1H3,(H,30,31). The van der Waals surface area contributed by atoms with E-state index in [1.54, 1.807) is 17.0 Å². The lowest BCUT2D eigenvalue weighted by Crippen LogP contribution is -2.41. The van der Waals surface area contributed by atoms with E-state index in [4.69, 9.17) is 27.9 Å². The normalized spacial score (nSPS) is 19.3. The molecule has 0 unspecified atom stereocenters. The summed E-state index contributed by atoms with van der Waals surface area (Å²) >= 11 is 12.9. The molecule has 0 aromatic heterocycles. The molecule has 2 aliphatic carbocycles. The van der Waals surface area contributed by atoms with Gasteiger partial charge in [-0.1, -0.05) is 30.1 Å². The highest BCUT2D eigenvalue weighted by atomic mass is 35.5. The topological polar surface area (TPSA) is 83.9 Å². The highest BCUT2D eigenvalue weighted by Gasteiger charge is 2.44. The number of Topliss-reactive ketones (excluding diaryl/α,β-unsaturated/α-hetero) is 2. The van der Waals surface area contributed by atoms with E-state index in [-0.39, 0.29) is 18.1 Å². The first-order chi connectivity index (χ1) is 15.3. The summed E-state index contributed by atoms with van der Waals surface area (Å²) in [6.45, 7) is 2.12. The van der Waals surface area contributed by atoms with Gasteiger partial charge in [0.15, 0.2) is 11.6 Å². The molecule has 3 aliphatic rings. The number of carboxylic acid groups (broad SMARTS) is 1. The van der Waals surface area contributed by atoms with Gasteiger partial charge in [0.25, 0.3) is 0 Å². The summed E-state index contributed by atoms with van der Waals surface area (Å²) in [5.74, 6) is -1.39. The zero-order chi connectivity index (χ0) is 23.0. The number of carbonyl (C=O) groups excluding carboxylic acids is 2. The van der Waals surface area contributed by atoms with E-state index in [9.17, 15) is 19.5 Å². The van der Waals surface area contributed by atoms with Crippen molar-refractivity contribution in [2.24, 2.45) is 0 Å². The molecular weight excluding hydrogens is 453 g/mol. The minimum Gasteiger partial charge on any atom is -0.492 e. The number of nitrogens with zero attached hydrogens (tertiary/aromatic N) is 1. The number of hydrogen-bond acceptors (Lipinski definition) is 5. The molecule has 1 heterocycles. The maximum absolute atomic E-state index is 13.2. The molecule has 0 radical (unpaired) electrons. The summed E-state index contributed by atoms with van der Waals surface area (Å²) in [7, 11) is 0. The average Bonchev–Trinajstić information content (AvgIpc) is 2.73. The second-order valence-corrected chi connectivity index (χ2v) is 9.19. The third kappa shape index (κ3) is 4.06. The number of carbonyl (C=O) groups is 3. The molecular formula is C24H25Cl2NO5. The van der Waals surface area contributed by atoms with Gasteiger partial charge >= 0.3 is 5.97 Å². The van der Waals surface area contributed by atoms with Gasteiger partial charge in [-0.2, -0.15) is 0 Å². The Labute approximate surface area is 196 Å². The van der Waals surface area contributed by atoms with E-state index in [0.29, 0.717) is 89.0 Å². The molecule has 8 heteroatoms. The van der Waals surface area contributed by atoms with Crippen LogP contribution in [0.15, 0.2) is 34.7 Å². The fraction of sp³-hybridized carbons (Fsp3) is 0.458. The Morgan fingerprint density at radius 2 is 1.66 bits per heavy atom. The Balaban J connectivity index is 2.00. The highest BCUT2D eigenvalue weighted by molar-refractivity contribution is 6.35. The van der Waals surface area contributed by atoms with Crippen molar-refractivity contribution >= 4 is 40.7 Å². The van der Waals surface area contributed by atoms with Gasteiger partial charge < -0.3 is 14.7 Å². The predicted molar refractivity (Wildman–Crippen MR) is 121 cm³/mol. The lowest BCUT2D eigenvalue weighted by Gasteiger charge is -2.43. The largest absolute Gasteiger partial charge is 0.492 e. The van der Waals surface area contributed by atoms with Crippen LogP contribution >= 0.6 is 23.2 Å². The van der Waals surface area contributed by atoms with E-state index in [0.717, 1.165) is 6.42 Å². The van der Waals surface area contributed by atoms with Gasteiger partial charge in [-0.15, -0.1) is 0 Å². The van der Waals surface area contributed by atoms with Crippen molar-refractivity contribution < 1.29 is 24.2 Å². The molecule has 1 N–H and O–H groups in total. The average molecular weight is 478 g/mol. The van der Waals surface area contributed by atoms with E-state index in [1.165, 1.54) is 0 Å². The van der Waals surface area contributed by atoms with Crippen LogP contribution in [0.2, 0.25) is 10.0 Å². The molecule has 0 saturated carbocycles. The van der Waals surface area contributed by atoms with Crippen LogP contribution < -0.4 is 4.74 Å². The smallest absolute Gasteiger partial charge is 0.323 e. The number of rotatable bonds is 6. The molecule has 32 heavy (non-hydrogen) atoms. The van der Waals surface area contributed by atoms with Crippen LogP contribution in [0.4, 0.5) is 0 Å². The van der Waals surface area contributed by atoms with Gasteiger partial charge in [0.05, 0.1) is 11.6 Å². The molecule has 170 valence electrons. The zero-order valence-electron chi connectivity index (χ0n) is 17.9. The number of ketones is 2. The first-order valence-corrected chi connectivity index (χ1v) is 11.7. The number of ether oxygens (including phenoxy) is 1. The van der Waals surface area contributed by atoms with Crippen molar-refractivity contribution in [2.75, 3.05) is 13.2 Å². The molecule has 0 atom stereocenters. The SMILES string of the molecule is CCCOc1c(Cl)cc(Cl)cc1C1C2=C(CCCC2=O)N(CC(=O)O)C2=C1C(=O)CCC2. The molecule has 4 rings (SSSR count). The first kappa shape index (κ1) is 22.9. The Bertz CT molecular complexity index is 1010. The second kappa shape index (κ2) is 9.28. The van der Waals surface area contributed by atoms with Crippen molar-refractivity contribution in [2.45, 2.75) is 57.8 Å². The number of aliphatic carboxylic acids is 1. The number of carboxylic acids is 1. The van der Waals surface area contributed by atoms with Crippen LogP contribution in [-0.2, 0) is 14.4 Å². The van der Waals surface area contributed by atoms with Crippen molar-refractivity contribution in [3.63, 3.8) is 0 Å². The number of allylic oxidation sites excluding steroid dienone is 4. The van der Waals surface area contributed by atoms with Crippen LogP contribution in [-0.4, -0.2) is 40.7 Å². The fourth-order valence-electron chi connectivity index (χ4n) is 5.00. The van der Waals surface area contributed by atoms with Crippen molar-refractivity contribution in [1.82, 2.24) is 4.90 Å². The summed E-state index contributed by atoms with van der Waals surface area (Å²) in [5.41, 5.74) is 2.94. The first-order valence-electron chi connectivity index (χ1n) is 11.0. The van der Waals surface area contributed by atoms with Gasteiger partial charge in [0.2, 0.25) is 0 Å². The van der Waals surface area contributed by atoms with Crippen LogP contribution in [0.3, 0.4) is 0 Å². The second-order valence-electron chi connectivity index (χ2n) is 8.34. The van der Waals surface area contributed by atoms with E-state index in [2.05, 4.69) is 0 Å². The van der Waals surface area contributed by atoms with Crippen molar-refractivity contribution in [3.8, 4) is 5.75 Å². The molecule has 0 amide bonds. The Hall–Kier alpha value is -2.31. The molecule has 6 nitrogen and oxygen atoms in total. The lowest BCUT2D eigenvalue weighted by atomic mass is 9.70. The van der Waals surface area contributed by atoms with Crippen LogP contribution in [0, 0.1) is 0 Å². The Morgan fingerprint density at radius 3 is 2.19 bits per heavy atom. The number of hydrogen-bond donors (Lipinski definition) is 1. The minimum absolute atomic E-state index is 0.0749. The molecule has 0 fully saturated rings. The maximum Gasteiger partial charge on any atom is 0.323 e. The predicted octanol–water partition coefficient (Wildman–Crippen LogP) is 5.28. The molecule has 0 bridgehead atoms. The van der Waals surface area contributed by atoms with Gasteiger partial charge in [-0.3, -0.25) is 14.4 Å². The lowest BCUT2D eigenvalue weighted by molar-refractivity contribution is -0.138. The van der Waals surface area contributed by atoms with E-state index in [1.807, 2.05) is 6.92 Å². The quantitative estimate of drug-likeness (QED) is 0.599. The minimum atomic E-state index is -1.00. The highest BCUT2D eigenvalue weighted by Crippen LogP contribution is 2.52. The molecule has 1 aromatic rings. The number of halogens is 2. The molecule has 1 aliphatic heterocycles. The Kier molecular flexibility index (Phi) is 6.63. The molecule has 1 aromatic carbocycles. The van der Waals surface area contributed by atoms with Gasteiger partial charge in [-0.05, 0) is 44.2 Å². The summed E-state index contributed by atoms with van der Waals surface area (Å²) < 4.78 is 5.98. The zero-order valence-corrected chi connectivity index (χ0v) is 19.4. The summed E-state index contributed by atoms with van der Waals surface area (Å²) in [4.78, 5) is 39.9. The molecule has 0 spiro atoms. The fourth-order valence-corrected chi connectivity index (χ4v) is 5.57. The third-order valence-electron chi connectivity index (χ3n) is 6.18. The van der Waals surface area contributed by atoms with Gasteiger partial charge in [0, 0.05) is 51.9 Å². The van der Waals surface area contributed by atoms with Gasteiger partial charge in [0.1, 0.15) is 12.3 Å². The summed E-state index contributed by atoms with van der Waals surface area (Å²) in [6.07, 6.45) is 3.91. The molecule has 0 saturated heterocycles. The Morgan fingerprint density at radius 1 is 1.06 bits per heavy atom. The summed E-state index contributed by atoms with van der Waals surface area (Å²) in [5, 5.41) is 10.3. The van der Waals surface area contributed by atoms with Crippen molar-refractivity contribution in [1.29, 1.82) is 0 Å². The number of benzene rings is 1. The monoisotopic (exact) mass is 477 g/mol. The third-order valence-corrected chi connectivity index (χ3v) is 6.68. The van der Waals surface area contributed by atoms with Crippen molar-refractivity contribution in [3.05, 3.63) is 50.3 Å². The van der Waals surface area contributed by atoms with Crippen LogP contribution in [0.5, 0.6) is 5.75 Å². The van der Waals surface area contributed by atoms with E-state index < -0.39 is 11.9 Å². The van der Waals surface area contributed by atoms with Crippen LogP contribution in [0.1, 0.15) is 63.4 Å². The van der Waals surface area contributed by atoms with E-state index >= 15 is 0 Å². The maximum atomic E-state index is 13.2. The van der Waals surface area contributed by atoms with Crippen LogP contribution in [0.25, 0.3) is 0 Å².